The molecule has 0 aromatic carbocycles. The third-order valence-corrected chi connectivity index (χ3v) is 1.88. The van der Waals surface area contributed by atoms with E-state index in [-0.39, 0.29) is 5.41 Å². The van der Waals surface area contributed by atoms with Gasteiger partial charge >= 0.3 is 0 Å². The summed E-state index contributed by atoms with van der Waals surface area (Å²) in [6.07, 6.45) is 1.95. The summed E-state index contributed by atoms with van der Waals surface area (Å²) in [5, 5.41) is 11.4. The lowest BCUT2D eigenvalue weighted by Crippen LogP contribution is -2.16. The number of tetrazole rings is 1. The molecule has 0 aliphatic heterocycles. The van der Waals surface area contributed by atoms with Crippen LogP contribution in [0.3, 0.4) is 0 Å². The van der Waals surface area contributed by atoms with Gasteiger partial charge in [0.25, 0.3) is 0 Å². The molecule has 1 rings (SSSR count). The SMILES string of the molecule is CSn1nnnc1C(C)(C)C. The zero-order valence-corrected chi connectivity index (χ0v) is 8.01. The van der Waals surface area contributed by atoms with E-state index in [0.717, 1.165) is 5.82 Å². The Hall–Kier alpha value is -0.580. The molecule has 0 atom stereocenters. The number of hydrogen-bond donors (Lipinski definition) is 0. The summed E-state index contributed by atoms with van der Waals surface area (Å²) >= 11 is 1.51. The van der Waals surface area contributed by atoms with Crippen LogP contribution in [0.15, 0.2) is 0 Å². The van der Waals surface area contributed by atoms with Crippen LogP contribution in [-0.4, -0.2) is 25.9 Å². The standard InChI is InChI=1S/C6H12N4S/c1-6(2,3)5-7-8-9-10(5)11-4/h1-4H3. The summed E-state index contributed by atoms with van der Waals surface area (Å²) < 4.78 is 1.74. The average Bonchev–Trinajstić information content (AvgIpc) is 2.31. The van der Waals surface area contributed by atoms with Gasteiger partial charge < -0.3 is 0 Å². The van der Waals surface area contributed by atoms with E-state index in [1.165, 1.54) is 11.9 Å². The van der Waals surface area contributed by atoms with Crippen molar-refractivity contribution in [2.75, 3.05) is 6.26 Å². The lowest BCUT2D eigenvalue weighted by molar-refractivity contribution is 0.539. The molecule has 0 bridgehead atoms. The molecular weight excluding hydrogens is 160 g/mol. The summed E-state index contributed by atoms with van der Waals surface area (Å²) in [5.41, 5.74) is 0.0203. The summed E-state index contributed by atoms with van der Waals surface area (Å²) in [5.74, 6) is 0.907. The van der Waals surface area contributed by atoms with Crippen molar-refractivity contribution in [2.24, 2.45) is 0 Å². The first kappa shape index (κ1) is 8.52. The maximum absolute atomic E-state index is 3.94. The first-order valence-electron chi connectivity index (χ1n) is 3.39. The molecule has 11 heavy (non-hydrogen) atoms. The number of nitrogens with zero attached hydrogens (tertiary/aromatic N) is 4. The van der Waals surface area contributed by atoms with Crippen LogP contribution >= 0.6 is 11.9 Å². The molecule has 1 aromatic heterocycles. The Bertz CT molecular complexity index is 237. The highest BCUT2D eigenvalue weighted by Gasteiger charge is 2.21. The highest BCUT2D eigenvalue weighted by Crippen LogP contribution is 2.20. The summed E-state index contributed by atoms with van der Waals surface area (Å²) in [6.45, 7) is 6.27. The highest BCUT2D eigenvalue weighted by molar-refractivity contribution is 7.97. The van der Waals surface area contributed by atoms with Crippen molar-refractivity contribution in [1.82, 2.24) is 19.6 Å². The fourth-order valence-corrected chi connectivity index (χ4v) is 1.33. The Balaban J connectivity index is 3.02. The second kappa shape index (κ2) is 2.81. The van der Waals surface area contributed by atoms with Gasteiger partial charge in [-0.05, 0) is 22.4 Å². The molecule has 1 heterocycles. The number of hydrogen-bond acceptors (Lipinski definition) is 4. The van der Waals surface area contributed by atoms with Crippen molar-refractivity contribution < 1.29 is 0 Å². The maximum atomic E-state index is 3.94. The molecule has 0 N–H and O–H groups in total. The van der Waals surface area contributed by atoms with Crippen molar-refractivity contribution in [2.45, 2.75) is 26.2 Å². The molecule has 5 heteroatoms. The molecule has 0 saturated carbocycles. The van der Waals surface area contributed by atoms with Crippen LogP contribution in [0.4, 0.5) is 0 Å². The van der Waals surface area contributed by atoms with Crippen LogP contribution in [0.1, 0.15) is 26.6 Å². The molecule has 0 amide bonds. The lowest BCUT2D eigenvalue weighted by atomic mass is 9.96. The fraction of sp³-hybridized carbons (Fsp3) is 0.833. The molecule has 0 aliphatic rings. The first-order chi connectivity index (χ1) is 5.05. The van der Waals surface area contributed by atoms with E-state index >= 15 is 0 Å². The molecule has 0 unspecified atom stereocenters. The minimum atomic E-state index is 0.0203. The molecule has 0 saturated heterocycles. The van der Waals surface area contributed by atoms with E-state index < -0.39 is 0 Å². The second-order valence-corrected chi connectivity index (χ2v) is 4.02. The van der Waals surface area contributed by atoms with E-state index in [0.29, 0.717) is 0 Å². The Morgan fingerprint density at radius 1 is 1.36 bits per heavy atom. The number of rotatable bonds is 1. The van der Waals surface area contributed by atoms with Crippen LogP contribution in [0.2, 0.25) is 0 Å². The minimum absolute atomic E-state index is 0.0203. The quantitative estimate of drug-likeness (QED) is 0.636. The maximum Gasteiger partial charge on any atom is 0.168 e. The summed E-state index contributed by atoms with van der Waals surface area (Å²) in [7, 11) is 0. The molecule has 0 radical (unpaired) electrons. The first-order valence-corrected chi connectivity index (χ1v) is 4.57. The highest BCUT2D eigenvalue weighted by atomic mass is 32.2. The second-order valence-electron chi connectivity index (χ2n) is 3.31. The van der Waals surface area contributed by atoms with Crippen LogP contribution < -0.4 is 0 Å². The summed E-state index contributed by atoms with van der Waals surface area (Å²) in [6, 6.07) is 0. The summed E-state index contributed by atoms with van der Waals surface area (Å²) in [4.78, 5) is 0. The average molecular weight is 172 g/mol. The van der Waals surface area contributed by atoms with Gasteiger partial charge in [0.05, 0.1) is 0 Å². The van der Waals surface area contributed by atoms with Gasteiger partial charge in [-0.2, -0.15) is 4.09 Å². The van der Waals surface area contributed by atoms with Crippen molar-refractivity contribution >= 4 is 11.9 Å². The Morgan fingerprint density at radius 2 is 2.00 bits per heavy atom. The molecular formula is C6H12N4S. The molecule has 0 fully saturated rings. The Kier molecular flexibility index (Phi) is 2.17. The van der Waals surface area contributed by atoms with Crippen LogP contribution in [-0.2, 0) is 5.41 Å². The van der Waals surface area contributed by atoms with Crippen molar-refractivity contribution in [3.8, 4) is 0 Å². The van der Waals surface area contributed by atoms with Gasteiger partial charge in [-0.3, -0.25) is 0 Å². The van der Waals surface area contributed by atoms with Gasteiger partial charge in [-0.15, -0.1) is 5.10 Å². The third kappa shape index (κ3) is 1.71. The van der Waals surface area contributed by atoms with E-state index in [2.05, 4.69) is 36.3 Å². The van der Waals surface area contributed by atoms with Crippen molar-refractivity contribution in [3.05, 3.63) is 5.82 Å². The van der Waals surface area contributed by atoms with Gasteiger partial charge in [0.15, 0.2) is 5.82 Å². The fourth-order valence-electron chi connectivity index (χ4n) is 0.739. The zero-order valence-electron chi connectivity index (χ0n) is 7.20. The van der Waals surface area contributed by atoms with E-state index in [1.807, 2.05) is 6.26 Å². The van der Waals surface area contributed by atoms with Crippen molar-refractivity contribution in [3.63, 3.8) is 0 Å². The van der Waals surface area contributed by atoms with Crippen LogP contribution in [0.25, 0.3) is 0 Å². The molecule has 1 aromatic rings. The zero-order chi connectivity index (χ0) is 8.48. The van der Waals surface area contributed by atoms with Gasteiger partial charge in [-0.25, -0.2) is 0 Å². The monoisotopic (exact) mass is 172 g/mol. The van der Waals surface area contributed by atoms with E-state index in [1.54, 1.807) is 4.09 Å². The molecule has 0 spiro atoms. The van der Waals surface area contributed by atoms with Crippen LogP contribution in [0, 0.1) is 0 Å². The van der Waals surface area contributed by atoms with Crippen LogP contribution in [0.5, 0.6) is 0 Å². The van der Waals surface area contributed by atoms with Gasteiger partial charge in [0.2, 0.25) is 0 Å². The third-order valence-electron chi connectivity index (χ3n) is 1.29. The normalized spacial score (nSPS) is 12.0. The molecule has 0 aliphatic carbocycles. The number of aromatic nitrogens is 4. The molecule has 62 valence electrons. The van der Waals surface area contributed by atoms with Gasteiger partial charge in [0.1, 0.15) is 0 Å². The minimum Gasteiger partial charge on any atom is -0.170 e. The predicted octanol–water partition coefficient (Wildman–Crippen LogP) is 1.10. The molecule has 4 nitrogen and oxygen atoms in total. The van der Waals surface area contributed by atoms with Gasteiger partial charge in [0, 0.05) is 11.7 Å². The van der Waals surface area contributed by atoms with E-state index in [4.69, 9.17) is 0 Å². The van der Waals surface area contributed by atoms with E-state index in [9.17, 15) is 0 Å². The van der Waals surface area contributed by atoms with Crippen molar-refractivity contribution in [1.29, 1.82) is 0 Å². The largest absolute Gasteiger partial charge is 0.170 e. The topological polar surface area (TPSA) is 43.6 Å². The predicted molar refractivity (Wildman–Crippen MR) is 45.4 cm³/mol. The smallest absolute Gasteiger partial charge is 0.168 e. The van der Waals surface area contributed by atoms with Gasteiger partial charge in [-0.1, -0.05) is 20.8 Å². The lowest BCUT2D eigenvalue weighted by Gasteiger charge is -2.15. The Morgan fingerprint density at radius 3 is 2.36 bits per heavy atom. The Labute approximate surface area is 70.5 Å².